The van der Waals surface area contributed by atoms with Gasteiger partial charge in [0.25, 0.3) is 5.91 Å². The van der Waals surface area contributed by atoms with Gasteiger partial charge in [0, 0.05) is 44.0 Å². The van der Waals surface area contributed by atoms with Gasteiger partial charge in [-0.15, -0.1) is 0 Å². The lowest BCUT2D eigenvalue weighted by Crippen LogP contribution is -2.49. The molecular weight excluding hydrogens is 434 g/mol. The molecule has 0 aliphatic carbocycles. The first-order chi connectivity index (χ1) is 16.6. The first-order valence-corrected chi connectivity index (χ1v) is 11.3. The molecule has 4 rings (SSSR count). The zero-order valence-corrected chi connectivity index (χ0v) is 19.8. The van der Waals surface area contributed by atoms with Gasteiger partial charge in [-0.25, -0.2) is 0 Å². The highest BCUT2D eigenvalue weighted by atomic mass is 16.5. The Morgan fingerprint density at radius 2 is 1.68 bits per heavy atom. The minimum Gasteiger partial charge on any atom is -0.497 e. The van der Waals surface area contributed by atoms with Crippen molar-refractivity contribution in [2.45, 2.75) is 6.04 Å². The summed E-state index contributed by atoms with van der Waals surface area (Å²) >= 11 is 0. The maximum absolute atomic E-state index is 12.9. The van der Waals surface area contributed by atoms with Crippen LogP contribution < -0.4 is 24.4 Å². The van der Waals surface area contributed by atoms with Crippen LogP contribution in [0.1, 0.15) is 22.2 Å². The fraction of sp³-hybridized carbons (Fsp3) is 0.346. The first-order valence-electron chi connectivity index (χ1n) is 11.3. The van der Waals surface area contributed by atoms with Crippen LogP contribution in [0.25, 0.3) is 0 Å². The number of nitrogens with one attached hydrogen (secondary N) is 1. The smallest absolute Gasteiger partial charge is 0.251 e. The molecule has 1 aliphatic rings. The van der Waals surface area contributed by atoms with Crippen LogP contribution in [-0.4, -0.2) is 64.9 Å². The molecule has 3 aromatic rings. The van der Waals surface area contributed by atoms with Crippen LogP contribution >= 0.6 is 0 Å². The monoisotopic (exact) mass is 465 g/mol. The Morgan fingerprint density at radius 3 is 2.29 bits per heavy atom. The topological polar surface area (TPSA) is 76.4 Å². The summed E-state index contributed by atoms with van der Waals surface area (Å²) in [6, 6.07) is 17.1. The minimum atomic E-state index is -0.172. The van der Waals surface area contributed by atoms with Crippen molar-refractivity contribution >= 4 is 11.6 Å². The third-order valence-electron chi connectivity index (χ3n) is 6.17. The van der Waals surface area contributed by atoms with Crippen molar-refractivity contribution < 1.29 is 23.4 Å². The molecule has 34 heavy (non-hydrogen) atoms. The number of anilines is 1. The molecular formula is C26H31N3O5. The van der Waals surface area contributed by atoms with Crippen molar-refractivity contribution in [1.29, 1.82) is 0 Å². The molecule has 1 fully saturated rings. The third-order valence-corrected chi connectivity index (χ3v) is 6.17. The van der Waals surface area contributed by atoms with Crippen LogP contribution in [0.2, 0.25) is 0 Å². The molecule has 1 aliphatic heterocycles. The average molecular weight is 466 g/mol. The summed E-state index contributed by atoms with van der Waals surface area (Å²) < 4.78 is 21.6. The number of benzene rings is 2. The second kappa shape index (κ2) is 11.0. The highest BCUT2D eigenvalue weighted by Crippen LogP contribution is 2.28. The van der Waals surface area contributed by atoms with Crippen molar-refractivity contribution in [3.05, 3.63) is 72.2 Å². The number of carbonyl (C=O) groups excluding carboxylic acids is 1. The van der Waals surface area contributed by atoms with E-state index in [1.807, 2.05) is 24.3 Å². The largest absolute Gasteiger partial charge is 0.497 e. The predicted molar refractivity (Wildman–Crippen MR) is 130 cm³/mol. The zero-order chi connectivity index (χ0) is 23.9. The highest BCUT2D eigenvalue weighted by molar-refractivity contribution is 5.94. The Hall–Kier alpha value is -3.65. The van der Waals surface area contributed by atoms with E-state index in [9.17, 15) is 4.79 Å². The van der Waals surface area contributed by atoms with Gasteiger partial charge >= 0.3 is 0 Å². The van der Waals surface area contributed by atoms with E-state index in [4.69, 9.17) is 18.6 Å². The van der Waals surface area contributed by atoms with E-state index < -0.39 is 0 Å². The van der Waals surface area contributed by atoms with E-state index in [1.54, 1.807) is 45.8 Å². The lowest BCUT2D eigenvalue weighted by molar-refractivity contribution is 0.0922. The molecule has 1 atom stereocenters. The molecule has 0 unspecified atom stereocenters. The van der Waals surface area contributed by atoms with Crippen molar-refractivity contribution in [2.24, 2.45) is 0 Å². The Morgan fingerprint density at radius 1 is 0.941 bits per heavy atom. The van der Waals surface area contributed by atoms with E-state index in [2.05, 4.69) is 27.2 Å². The molecule has 1 saturated heterocycles. The van der Waals surface area contributed by atoms with Gasteiger partial charge < -0.3 is 28.8 Å². The predicted octanol–water partition coefficient (Wildman–Crippen LogP) is 3.60. The van der Waals surface area contributed by atoms with Gasteiger partial charge in [0.2, 0.25) is 0 Å². The van der Waals surface area contributed by atoms with Gasteiger partial charge in [0.1, 0.15) is 11.5 Å². The molecule has 2 aromatic carbocycles. The Bertz CT molecular complexity index is 1060. The van der Waals surface area contributed by atoms with E-state index in [1.165, 1.54) is 5.69 Å². The van der Waals surface area contributed by atoms with Crippen molar-refractivity contribution in [3.8, 4) is 17.2 Å². The Balaban J connectivity index is 1.40. The van der Waals surface area contributed by atoms with E-state index in [0.29, 0.717) is 23.6 Å². The lowest BCUT2D eigenvalue weighted by atomic mass is 10.1. The summed E-state index contributed by atoms with van der Waals surface area (Å²) in [5.41, 5.74) is 1.69. The van der Waals surface area contributed by atoms with Crippen LogP contribution in [0, 0.1) is 0 Å². The number of piperazine rings is 1. The van der Waals surface area contributed by atoms with Crippen molar-refractivity contribution in [2.75, 3.05) is 59.0 Å². The first kappa shape index (κ1) is 23.5. The second-order valence-electron chi connectivity index (χ2n) is 8.03. The van der Waals surface area contributed by atoms with Crippen LogP contribution in [0.4, 0.5) is 5.69 Å². The molecule has 0 bridgehead atoms. The molecule has 1 amide bonds. The van der Waals surface area contributed by atoms with Crippen LogP contribution in [-0.2, 0) is 0 Å². The van der Waals surface area contributed by atoms with Crippen molar-refractivity contribution in [1.82, 2.24) is 10.2 Å². The molecule has 2 heterocycles. The fourth-order valence-corrected chi connectivity index (χ4v) is 4.24. The molecule has 1 aromatic heterocycles. The van der Waals surface area contributed by atoms with Crippen LogP contribution in [0.3, 0.4) is 0 Å². The molecule has 1 N–H and O–H groups in total. The number of nitrogens with zero attached hydrogens (tertiary/aromatic N) is 2. The van der Waals surface area contributed by atoms with Crippen LogP contribution in [0.15, 0.2) is 65.3 Å². The van der Waals surface area contributed by atoms with Gasteiger partial charge in [-0.3, -0.25) is 9.69 Å². The summed E-state index contributed by atoms with van der Waals surface area (Å²) in [7, 11) is 4.80. The summed E-state index contributed by atoms with van der Waals surface area (Å²) in [5, 5.41) is 3.06. The number of rotatable bonds is 9. The maximum atomic E-state index is 12.9. The average Bonchev–Trinajstić information content (AvgIpc) is 3.43. The number of carbonyl (C=O) groups is 1. The molecule has 8 heteroatoms. The van der Waals surface area contributed by atoms with Gasteiger partial charge in [-0.2, -0.15) is 0 Å². The SMILES string of the molecule is COc1ccc(N2CCN([C@@H](CNC(=O)c3ccc(OC)c(OC)c3)c3ccco3)CC2)cc1. The standard InChI is InChI=1S/C26H31N3O5/c1-31-21-9-7-20(8-10-21)28-12-14-29(15-13-28)22(23-5-4-16-34-23)18-27-26(30)19-6-11-24(32-2)25(17-19)33-3/h4-11,16-17,22H,12-15,18H2,1-3H3,(H,27,30)/t22-/m0/s1. The maximum Gasteiger partial charge on any atom is 0.251 e. The normalized spacial score (nSPS) is 15.0. The number of hydrogen-bond donors (Lipinski definition) is 1. The van der Waals surface area contributed by atoms with Gasteiger partial charge in [0.15, 0.2) is 11.5 Å². The quantitative estimate of drug-likeness (QED) is 0.517. The summed E-state index contributed by atoms with van der Waals surface area (Å²) in [5.74, 6) is 2.63. The lowest BCUT2D eigenvalue weighted by Gasteiger charge is -2.39. The Labute approximate surface area is 200 Å². The number of amides is 1. The minimum absolute atomic E-state index is 0.0582. The number of ether oxygens (including phenoxy) is 3. The molecule has 8 nitrogen and oxygen atoms in total. The second-order valence-corrected chi connectivity index (χ2v) is 8.03. The zero-order valence-electron chi connectivity index (χ0n) is 19.8. The number of hydrogen-bond acceptors (Lipinski definition) is 7. The number of methoxy groups -OCH3 is 3. The highest BCUT2D eigenvalue weighted by Gasteiger charge is 2.27. The van der Waals surface area contributed by atoms with Crippen LogP contribution in [0.5, 0.6) is 17.2 Å². The van der Waals surface area contributed by atoms with E-state index in [-0.39, 0.29) is 11.9 Å². The van der Waals surface area contributed by atoms with Crippen molar-refractivity contribution in [3.63, 3.8) is 0 Å². The van der Waals surface area contributed by atoms with Gasteiger partial charge in [0.05, 0.1) is 33.6 Å². The number of furan rings is 1. The van der Waals surface area contributed by atoms with E-state index >= 15 is 0 Å². The summed E-state index contributed by atoms with van der Waals surface area (Å²) in [4.78, 5) is 17.6. The molecule has 0 radical (unpaired) electrons. The van der Waals surface area contributed by atoms with E-state index in [0.717, 1.165) is 37.7 Å². The van der Waals surface area contributed by atoms with Gasteiger partial charge in [-0.05, 0) is 54.6 Å². The fourth-order valence-electron chi connectivity index (χ4n) is 4.24. The Kier molecular flexibility index (Phi) is 7.59. The summed E-state index contributed by atoms with van der Waals surface area (Å²) in [6.07, 6.45) is 1.67. The third kappa shape index (κ3) is 5.28. The molecule has 0 spiro atoms. The molecule has 0 saturated carbocycles. The molecule has 180 valence electrons. The summed E-state index contributed by atoms with van der Waals surface area (Å²) in [6.45, 7) is 3.90. The van der Waals surface area contributed by atoms with Gasteiger partial charge in [-0.1, -0.05) is 0 Å².